The molecule has 0 saturated carbocycles. The molecule has 0 amide bonds. The third-order valence-electron chi connectivity index (χ3n) is 5.55. The Bertz CT molecular complexity index is 614. The number of hydrogen-bond acceptors (Lipinski definition) is 7. The van der Waals surface area contributed by atoms with Gasteiger partial charge >= 0.3 is 0 Å². The second kappa shape index (κ2) is 10.5. The highest BCUT2D eigenvalue weighted by atomic mass is 16.3. The summed E-state index contributed by atoms with van der Waals surface area (Å²) in [4.78, 5) is 26.4. The number of carbonyl (C=O) groups is 1. The van der Waals surface area contributed by atoms with E-state index in [9.17, 15) is 9.90 Å². The normalized spacial score (nSPS) is 16.6. The first-order valence-corrected chi connectivity index (χ1v) is 10.1. The Labute approximate surface area is 169 Å². The lowest BCUT2D eigenvalue weighted by molar-refractivity contribution is -0.120. The summed E-state index contributed by atoms with van der Waals surface area (Å²) in [6.45, 7) is 14.0. The van der Waals surface area contributed by atoms with E-state index in [4.69, 9.17) is 0 Å². The molecule has 1 saturated heterocycles. The lowest BCUT2D eigenvalue weighted by Gasteiger charge is -2.35. The molecule has 1 atom stereocenters. The van der Waals surface area contributed by atoms with E-state index in [0.717, 1.165) is 63.8 Å². The summed E-state index contributed by atoms with van der Waals surface area (Å²) in [5, 5.41) is 9.82. The van der Waals surface area contributed by atoms with Crippen LogP contribution in [0.5, 0.6) is 0 Å². The van der Waals surface area contributed by atoms with Crippen LogP contribution in [0, 0.1) is 5.41 Å². The van der Waals surface area contributed by atoms with E-state index >= 15 is 0 Å². The summed E-state index contributed by atoms with van der Waals surface area (Å²) >= 11 is 0. The molecule has 7 heteroatoms. The van der Waals surface area contributed by atoms with Crippen LogP contribution in [0.25, 0.3) is 0 Å². The number of nitrogens with zero attached hydrogens (tertiary/aromatic N) is 5. The van der Waals surface area contributed by atoms with Gasteiger partial charge in [0.15, 0.2) is 0 Å². The number of anilines is 1. The van der Waals surface area contributed by atoms with Crippen LogP contribution in [0.1, 0.15) is 33.1 Å². The summed E-state index contributed by atoms with van der Waals surface area (Å²) in [5.74, 6) is 0.824. The molecule has 0 spiro atoms. The van der Waals surface area contributed by atoms with Crippen LogP contribution in [0.2, 0.25) is 0 Å². The fourth-order valence-electron chi connectivity index (χ4n) is 3.42. The molecule has 0 aliphatic carbocycles. The first-order chi connectivity index (χ1) is 13.3. The van der Waals surface area contributed by atoms with Crippen LogP contribution in [-0.2, 0) is 4.79 Å². The number of piperazine rings is 1. The minimum Gasteiger partial charge on any atom is -0.385 e. The van der Waals surface area contributed by atoms with Gasteiger partial charge in [0.25, 0.3) is 0 Å². The first kappa shape index (κ1) is 22.3. The minimum absolute atomic E-state index is 0.491. The van der Waals surface area contributed by atoms with Crippen LogP contribution in [0.3, 0.4) is 0 Å². The fourth-order valence-corrected chi connectivity index (χ4v) is 3.42. The number of aromatic nitrogens is 2. The van der Waals surface area contributed by atoms with Gasteiger partial charge in [-0.15, -0.1) is 0 Å². The third-order valence-corrected chi connectivity index (χ3v) is 5.55. The van der Waals surface area contributed by atoms with Crippen molar-refractivity contribution in [2.45, 2.75) is 39.2 Å². The standard InChI is InChI=1S/C21H35N5O2/c1-18(16-21(2,3)19(28)17-27)24(4)10-5-6-11-25-12-14-26(15-13-25)20-22-8-7-9-23-20/h7-9,17,19,28H,1,5-6,10-16H2,2-4H3. The maximum absolute atomic E-state index is 10.9. The topological polar surface area (TPSA) is 72.8 Å². The van der Waals surface area contributed by atoms with Crippen molar-refractivity contribution in [3.8, 4) is 0 Å². The van der Waals surface area contributed by atoms with E-state index in [0.29, 0.717) is 12.7 Å². The molecule has 0 bridgehead atoms. The molecule has 28 heavy (non-hydrogen) atoms. The van der Waals surface area contributed by atoms with Crippen LogP contribution in [0.15, 0.2) is 30.7 Å². The average Bonchev–Trinajstić information content (AvgIpc) is 2.71. The zero-order valence-corrected chi connectivity index (χ0v) is 17.5. The van der Waals surface area contributed by atoms with Gasteiger partial charge in [0, 0.05) is 63.3 Å². The number of hydrogen-bond donors (Lipinski definition) is 1. The summed E-state index contributed by atoms with van der Waals surface area (Å²) in [6.07, 6.45) is 6.06. The van der Waals surface area contributed by atoms with Gasteiger partial charge in [0.05, 0.1) is 0 Å². The van der Waals surface area contributed by atoms with E-state index in [1.165, 1.54) is 0 Å². The number of aldehydes is 1. The van der Waals surface area contributed by atoms with E-state index in [2.05, 4.69) is 31.2 Å². The van der Waals surface area contributed by atoms with E-state index in [-0.39, 0.29) is 0 Å². The molecule has 1 N–H and O–H groups in total. The van der Waals surface area contributed by atoms with Crippen molar-refractivity contribution in [1.82, 2.24) is 19.8 Å². The lowest BCUT2D eigenvalue weighted by atomic mass is 9.82. The Kier molecular flexibility index (Phi) is 8.38. The monoisotopic (exact) mass is 389 g/mol. The molecule has 7 nitrogen and oxygen atoms in total. The molecule has 1 aromatic rings. The highest BCUT2D eigenvalue weighted by Gasteiger charge is 2.29. The van der Waals surface area contributed by atoms with Crippen molar-refractivity contribution in [3.05, 3.63) is 30.7 Å². The lowest BCUT2D eigenvalue weighted by Crippen LogP contribution is -2.47. The summed E-state index contributed by atoms with van der Waals surface area (Å²) in [7, 11) is 2.03. The summed E-state index contributed by atoms with van der Waals surface area (Å²) in [6, 6.07) is 1.84. The summed E-state index contributed by atoms with van der Waals surface area (Å²) < 4.78 is 0. The minimum atomic E-state index is -0.961. The molecule has 0 aromatic carbocycles. The van der Waals surface area contributed by atoms with Gasteiger partial charge in [0.2, 0.25) is 5.95 Å². The van der Waals surface area contributed by atoms with Gasteiger partial charge in [-0.3, -0.25) is 4.90 Å². The van der Waals surface area contributed by atoms with E-state index in [1.54, 1.807) is 12.4 Å². The molecule has 1 fully saturated rings. The second-order valence-corrected chi connectivity index (χ2v) is 8.32. The average molecular weight is 390 g/mol. The number of aliphatic hydroxyl groups excluding tert-OH is 1. The van der Waals surface area contributed by atoms with Crippen molar-refractivity contribution in [2.75, 3.05) is 51.2 Å². The van der Waals surface area contributed by atoms with Crippen molar-refractivity contribution in [3.63, 3.8) is 0 Å². The Morgan fingerprint density at radius 1 is 1.29 bits per heavy atom. The molecule has 156 valence electrons. The molecule has 1 aliphatic rings. The number of carbonyl (C=O) groups excluding carboxylic acids is 1. The van der Waals surface area contributed by atoms with Crippen LogP contribution < -0.4 is 4.90 Å². The Morgan fingerprint density at radius 3 is 2.54 bits per heavy atom. The highest BCUT2D eigenvalue weighted by Crippen LogP contribution is 2.29. The van der Waals surface area contributed by atoms with Crippen LogP contribution >= 0.6 is 0 Å². The third kappa shape index (κ3) is 6.56. The first-order valence-electron chi connectivity index (χ1n) is 10.1. The number of aliphatic hydroxyl groups is 1. The number of rotatable bonds is 11. The molecule has 0 radical (unpaired) electrons. The second-order valence-electron chi connectivity index (χ2n) is 8.32. The molecular formula is C21H35N5O2. The number of allylic oxidation sites excluding steroid dienone is 1. The van der Waals surface area contributed by atoms with Gasteiger partial charge in [0.1, 0.15) is 12.4 Å². The van der Waals surface area contributed by atoms with Gasteiger partial charge in [-0.2, -0.15) is 0 Å². The molecule has 1 aliphatic heterocycles. The van der Waals surface area contributed by atoms with E-state index < -0.39 is 11.5 Å². The highest BCUT2D eigenvalue weighted by molar-refractivity contribution is 5.57. The SMILES string of the molecule is C=C(CC(C)(C)C(O)C=O)N(C)CCCCN1CCN(c2ncccn2)CC1. The van der Waals surface area contributed by atoms with Crippen LogP contribution in [0.4, 0.5) is 5.95 Å². The number of unbranched alkanes of at least 4 members (excludes halogenated alkanes) is 1. The van der Waals surface area contributed by atoms with Crippen molar-refractivity contribution in [2.24, 2.45) is 5.41 Å². The maximum atomic E-state index is 10.9. The fraction of sp³-hybridized carbons (Fsp3) is 0.667. The Hall–Kier alpha value is -1.99. The summed E-state index contributed by atoms with van der Waals surface area (Å²) in [5.41, 5.74) is 0.470. The molecular weight excluding hydrogens is 354 g/mol. The van der Waals surface area contributed by atoms with Gasteiger partial charge in [-0.05, 0) is 31.9 Å². The van der Waals surface area contributed by atoms with Gasteiger partial charge in [-0.25, -0.2) is 9.97 Å². The molecule has 2 rings (SSSR count). The quantitative estimate of drug-likeness (QED) is 0.457. The zero-order valence-electron chi connectivity index (χ0n) is 17.5. The molecule has 2 heterocycles. The molecule has 1 aromatic heterocycles. The Balaban J connectivity index is 1.62. The van der Waals surface area contributed by atoms with Gasteiger partial charge < -0.3 is 19.7 Å². The maximum Gasteiger partial charge on any atom is 0.225 e. The predicted molar refractivity (Wildman–Crippen MR) is 112 cm³/mol. The predicted octanol–water partition coefficient (Wildman–Crippen LogP) is 1.80. The largest absolute Gasteiger partial charge is 0.385 e. The molecule has 1 unspecified atom stereocenters. The zero-order chi connectivity index (χ0) is 20.6. The van der Waals surface area contributed by atoms with Crippen molar-refractivity contribution >= 4 is 12.2 Å². The van der Waals surface area contributed by atoms with Gasteiger partial charge in [-0.1, -0.05) is 20.4 Å². The van der Waals surface area contributed by atoms with Crippen LogP contribution in [-0.4, -0.2) is 83.6 Å². The van der Waals surface area contributed by atoms with Crippen molar-refractivity contribution in [1.29, 1.82) is 0 Å². The van der Waals surface area contributed by atoms with Crippen molar-refractivity contribution < 1.29 is 9.90 Å². The smallest absolute Gasteiger partial charge is 0.225 e. The Morgan fingerprint density at radius 2 is 1.93 bits per heavy atom. The van der Waals surface area contributed by atoms with E-state index in [1.807, 2.05) is 27.0 Å².